The maximum atomic E-state index is 6.53. The number of benzene rings is 1. The van der Waals surface area contributed by atoms with Crippen LogP contribution in [-0.2, 0) is 6.42 Å². The molecule has 1 aliphatic carbocycles. The Morgan fingerprint density at radius 2 is 1.84 bits per heavy atom. The molecule has 1 heteroatoms. The minimum Gasteiger partial charge on any atom is -0.324 e. The largest absolute Gasteiger partial charge is 0.324 e. The third-order valence-electron chi connectivity index (χ3n) is 4.78. The van der Waals surface area contributed by atoms with Gasteiger partial charge in [0.15, 0.2) is 0 Å². The quantitative estimate of drug-likeness (QED) is 0.832. The highest BCUT2D eigenvalue weighted by Gasteiger charge is 2.38. The van der Waals surface area contributed by atoms with Gasteiger partial charge in [0.2, 0.25) is 0 Å². The summed E-state index contributed by atoms with van der Waals surface area (Å²) in [7, 11) is 0. The highest BCUT2D eigenvalue weighted by molar-refractivity contribution is 5.26. The van der Waals surface area contributed by atoms with E-state index in [4.69, 9.17) is 5.73 Å². The molecule has 106 valence electrons. The Hall–Kier alpha value is -0.820. The summed E-state index contributed by atoms with van der Waals surface area (Å²) in [6, 6.07) is 9.22. The maximum Gasteiger partial charge on any atom is 0.0328 e. The lowest BCUT2D eigenvalue weighted by atomic mass is 9.76. The van der Waals surface area contributed by atoms with Crippen LogP contribution in [0.3, 0.4) is 0 Å². The zero-order valence-corrected chi connectivity index (χ0v) is 12.9. The molecule has 0 radical (unpaired) electrons. The highest BCUT2D eigenvalue weighted by Crippen LogP contribution is 2.47. The van der Waals surface area contributed by atoms with Gasteiger partial charge in [-0.3, -0.25) is 0 Å². The third-order valence-corrected chi connectivity index (χ3v) is 4.78. The number of hydrogen-bond acceptors (Lipinski definition) is 1. The molecule has 0 saturated heterocycles. The predicted molar refractivity (Wildman–Crippen MR) is 83.0 cm³/mol. The SMILES string of the molecule is CC(C)Cc1ccc(C(N)C2CCCC2(C)C)cc1. The zero-order valence-electron chi connectivity index (χ0n) is 12.9. The fraction of sp³-hybridized carbons (Fsp3) is 0.667. The predicted octanol–water partition coefficient (Wildman–Crippen LogP) is 4.71. The van der Waals surface area contributed by atoms with E-state index >= 15 is 0 Å². The van der Waals surface area contributed by atoms with E-state index in [0.717, 1.165) is 6.42 Å². The van der Waals surface area contributed by atoms with Crippen molar-refractivity contribution in [1.82, 2.24) is 0 Å². The van der Waals surface area contributed by atoms with Crippen LogP contribution in [0, 0.1) is 17.3 Å². The molecule has 0 amide bonds. The second-order valence-electron chi connectivity index (χ2n) is 7.35. The molecule has 19 heavy (non-hydrogen) atoms. The van der Waals surface area contributed by atoms with Crippen molar-refractivity contribution in [2.45, 2.75) is 59.4 Å². The highest BCUT2D eigenvalue weighted by atomic mass is 14.7. The molecule has 1 nitrogen and oxygen atoms in total. The Kier molecular flexibility index (Phi) is 4.35. The summed E-state index contributed by atoms with van der Waals surface area (Å²) in [4.78, 5) is 0. The van der Waals surface area contributed by atoms with Crippen molar-refractivity contribution < 1.29 is 0 Å². The van der Waals surface area contributed by atoms with Gasteiger partial charge in [0.05, 0.1) is 0 Å². The average molecular weight is 259 g/mol. The molecule has 0 bridgehead atoms. The lowest BCUT2D eigenvalue weighted by molar-refractivity contribution is 0.222. The summed E-state index contributed by atoms with van der Waals surface area (Å²) in [6.45, 7) is 9.27. The lowest BCUT2D eigenvalue weighted by Crippen LogP contribution is -2.29. The Labute approximate surface area is 118 Å². The topological polar surface area (TPSA) is 26.0 Å². The molecule has 0 aromatic heterocycles. The van der Waals surface area contributed by atoms with E-state index in [1.54, 1.807) is 0 Å². The molecule has 2 rings (SSSR count). The minimum atomic E-state index is 0.200. The van der Waals surface area contributed by atoms with Crippen LogP contribution in [0.25, 0.3) is 0 Å². The summed E-state index contributed by atoms with van der Waals surface area (Å²) in [5.74, 6) is 1.34. The number of nitrogens with two attached hydrogens (primary N) is 1. The van der Waals surface area contributed by atoms with Crippen molar-refractivity contribution in [3.05, 3.63) is 35.4 Å². The smallest absolute Gasteiger partial charge is 0.0328 e. The first kappa shape index (κ1) is 14.6. The summed E-state index contributed by atoms with van der Waals surface area (Å²) >= 11 is 0. The summed E-state index contributed by atoms with van der Waals surface area (Å²) < 4.78 is 0. The Morgan fingerprint density at radius 3 is 2.32 bits per heavy atom. The van der Waals surface area contributed by atoms with Crippen molar-refractivity contribution >= 4 is 0 Å². The van der Waals surface area contributed by atoms with Crippen LogP contribution in [0.2, 0.25) is 0 Å². The van der Waals surface area contributed by atoms with E-state index in [-0.39, 0.29) is 6.04 Å². The molecule has 1 fully saturated rings. The van der Waals surface area contributed by atoms with Gasteiger partial charge in [0, 0.05) is 6.04 Å². The average Bonchev–Trinajstić information content (AvgIpc) is 2.68. The molecule has 2 atom stereocenters. The van der Waals surface area contributed by atoms with Crippen LogP contribution in [0.15, 0.2) is 24.3 Å². The van der Waals surface area contributed by atoms with Crippen molar-refractivity contribution in [2.75, 3.05) is 0 Å². The van der Waals surface area contributed by atoms with E-state index in [9.17, 15) is 0 Å². The van der Waals surface area contributed by atoms with Crippen LogP contribution < -0.4 is 5.73 Å². The fourth-order valence-electron chi connectivity index (χ4n) is 3.60. The summed E-state index contributed by atoms with van der Waals surface area (Å²) in [5, 5.41) is 0. The summed E-state index contributed by atoms with van der Waals surface area (Å²) in [6.07, 6.45) is 5.08. The molecule has 1 aliphatic rings. The van der Waals surface area contributed by atoms with Crippen molar-refractivity contribution in [1.29, 1.82) is 0 Å². The van der Waals surface area contributed by atoms with Crippen molar-refractivity contribution in [3.63, 3.8) is 0 Å². The first-order chi connectivity index (χ1) is 8.90. The molecular formula is C18H29N. The third kappa shape index (κ3) is 3.39. The van der Waals surface area contributed by atoms with Gasteiger partial charge >= 0.3 is 0 Å². The zero-order chi connectivity index (χ0) is 14.0. The van der Waals surface area contributed by atoms with Gasteiger partial charge < -0.3 is 5.73 Å². The molecule has 0 spiro atoms. The van der Waals surface area contributed by atoms with Crippen LogP contribution in [0.5, 0.6) is 0 Å². The molecule has 2 N–H and O–H groups in total. The number of hydrogen-bond donors (Lipinski definition) is 1. The van der Waals surface area contributed by atoms with Gasteiger partial charge in [0.1, 0.15) is 0 Å². The number of rotatable bonds is 4. The normalized spacial score (nSPS) is 23.8. The Bertz CT molecular complexity index is 402. The van der Waals surface area contributed by atoms with Gasteiger partial charge in [-0.2, -0.15) is 0 Å². The second-order valence-corrected chi connectivity index (χ2v) is 7.35. The van der Waals surface area contributed by atoms with Gasteiger partial charge in [-0.05, 0) is 47.6 Å². The van der Waals surface area contributed by atoms with Gasteiger partial charge in [0.25, 0.3) is 0 Å². The Morgan fingerprint density at radius 1 is 1.21 bits per heavy atom. The second kappa shape index (κ2) is 5.66. The van der Waals surface area contributed by atoms with Gasteiger partial charge in [-0.1, -0.05) is 58.4 Å². The minimum absolute atomic E-state index is 0.200. The van der Waals surface area contributed by atoms with Crippen molar-refractivity contribution in [3.8, 4) is 0 Å². The molecule has 0 heterocycles. The van der Waals surface area contributed by atoms with Crippen LogP contribution >= 0.6 is 0 Å². The van der Waals surface area contributed by atoms with Crippen molar-refractivity contribution in [2.24, 2.45) is 23.0 Å². The lowest BCUT2D eigenvalue weighted by Gasteiger charge is -2.32. The van der Waals surface area contributed by atoms with E-state index in [2.05, 4.69) is 52.0 Å². The van der Waals surface area contributed by atoms with Crippen LogP contribution in [0.1, 0.15) is 64.1 Å². The summed E-state index contributed by atoms with van der Waals surface area (Å²) in [5.41, 5.74) is 9.67. The van der Waals surface area contributed by atoms with Crippen LogP contribution in [0.4, 0.5) is 0 Å². The molecule has 2 unspecified atom stereocenters. The fourth-order valence-corrected chi connectivity index (χ4v) is 3.60. The van der Waals surface area contributed by atoms with E-state index in [0.29, 0.717) is 17.3 Å². The standard InChI is InChI=1S/C18H29N/c1-13(2)12-14-7-9-15(10-8-14)17(19)16-6-5-11-18(16,3)4/h7-10,13,16-17H,5-6,11-12,19H2,1-4H3. The van der Waals surface area contributed by atoms with Gasteiger partial charge in [-0.15, -0.1) is 0 Å². The first-order valence-electron chi connectivity index (χ1n) is 7.74. The molecular weight excluding hydrogens is 230 g/mol. The van der Waals surface area contributed by atoms with E-state index in [1.165, 1.54) is 30.4 Å². The molecule has 1 aromatic rings. The molecule has 1 saturated carbocycles. The monoisotopic (exact) mass is 259 g/mol. The van der Waals surface area contributed by atoms with E-state index < -0.39 is 0 Å². The Balaban J connectivity index is 2.09. The van der Waals surface area contributed by atoms with Crippen LogP contribution in [-0.4, -0.2) is 0 Å². The van der Waals surface area contributed by atoms with Gasteiger partial charge in [-0.25, -0.2) is 0 Å². The molecule has 0 aliphatic heterocycles. The maximum absolute atomic E-state index is 6.53. The first-order valence-corrected chi connectivity index (χ1v) is 7.74. The molecule has 1 aromatic carbocycles. The van der Waals surface area contributed by atoms with E-state index in [1.807, 2.05) is 0 Å².